The maximum atomic E-state index is 12.4. The van der Waals surface area contributed by atoms with Crippen LogP contribution in [0.25, 0.3) is 0 Å². The Hall–Kier alpha value is -1.88. The number of nitrogens with zero attached hydrogens (tertiary/aromatic N) is 3. The zero-order valence-electron chi connectivity index (χ0n) is 16.6. The molecule has 29 heavy (non-hydrogen) atoms. The second-order valence-electron chi connectivity index (χ2n) is 7.15. The molecule has 0 radical (unpaired) electrons. The van der Waals surface area contributed by atoms with Gasteiger partial charge in [-0.3, -0.25) is 10.1 Å². The predicted molar refractivity (Wildman–Crippen MR) is 114 cm³/mol. The van der Waals surface area contributed by atoms with E-state index in [1.807, 2.05) is 19.1 Å². The molecule has 1 aromatic carbocycles. The summed E-state index contributed by atoms with van der Waals surface area (Å²) in [6.07, 6.45) is 5.74. The van der Waals surface area contributed by atoms with Gasteiger partial charge in [-0.1, -0.05) is 42.4 Å². The number of carbonyl (C=O) groups excluding carboxylic acids is 1. The van der Waals surface area contributed by atoms with Crippen molar-refractivity contribution in [1.82, 2.24) is 19.8 Å². The molecule has 2 aromatic rings. The highest BCUT2D eigenvalue weighted by Gasteiger charge is 2.21. The van der Waals surface area contributed by atoms with Crippen LogP contribution in [0.15, 0.2) is 28.6 Å². The highest BCUT2D eigenvalue weighted by molar-refractivity contribution is 7.91. The maximum Gasteiger partial charge on any atom is 0.269 e. The Morgan fingerprint density at radius 2 is 1.86 bits per heavy atom. The first kappa shape index (κ1) is 21.8. The van der Waals surface area contributed by atoms with Gasteiger partial charge in [-0.2, -0.15) is 0 Å². The molecule has 0 atom stereocenters. The Bertz CT molecular complexity index is 921. The minimum atomic E-state index is -3.73. The summed E-state index contributed by atoms with van der Waals surface area (Å²) in [5, 5.41) is 10.3. The van der Waals surface area contributed by atoms with Crippen molar-refractivity contribution < 1.29 is 13.2 Å². The first-order valence-corrected chi connectivity index (χ1v) is 12.2. The lowest BCUT2D eigenvalue weighted by molar-refractivity contribution is 0.102. The van der Waals surface area contributed by atoms with Gasteiger partial charge in [0.25, 0.3) is 15.9 Å². The van der Waals surface area contributed by atoms with E-state index in [9.17, 15) is 13.2 Å². The van der Waals surface area contributed by atoms with Crippen molar-refractivity contribution in [3.8, 4) is 0 Å². The van der Waals surface area contributed by atoms with Gasteiger partial charge in [-0.05, 0) is 57.5 Å². The lowest BCUT2D eigenvalue weighted by Gasteiger charge is -2.19. The van der Waals surface area contributed by atoms with Gasteiger partial charge in [-0.15, -0.1) is 10.2 Å². The first-order valence-electron chi connectivity index (χ1n) is 9.88. The molecule has 0 saturated carbocycles. The highest BCUT2D eigenvalue weighted by atomic mass is 32.2. The van der Waals surface area contributed by atoms with Crippen molar-refractivity contribution in [2.45, 2.75) is 43.4 Å². The van der Waals surface area contributed by atoms with Crippen LogP contribution < -0.4 is 10.0 Å². The van der Waals surface area contributed by atoms with Crippen LogP contribution in [-0.2, 0) is 10.0 Å². The van der Waals surface area contributed by atoms with Gasteiger partial charge < -0.3 is 4.90 Å². The molecule has 3 rings (SSSR count). The van der Waals surface area contributed by atoms with E-state index in [0.29, 0.717) is 12.1 Å². The van der Waals surface area contributed by atoms with E-state index in [-0.39, 0.29) is 15.4 Å². The Morgan fingerprint density at radius 1 is 1.14 bits per heavy atom. The van der Waals surface area contributed by atoms with Crippen molar-refractivity contribution in [3.63, 3.8) is 0 Å². The van der Waals surface area contributed by atoms with Crippen LogP contribution in [0.4, 0.5) is 5.13 Å². The topological polar surface area (TPSA) is 104 Å². The van der Waals surface area contributed by atoms with E-state index >= 15 is 0 Å². The molecule has 1 amide bonds. The number of sulfonamides is 1. The van der Waals surface area contributed by atoms with Gasteiger partial charge in [0.1, 0.15) is 0 Å². The van der Waals surface area contributed by atoms with Crippen LogP contribution in [-0.4, -0.2) is 55.6 Å². The van der Waals surface area contributed by atoms with Crippen LogP contribution in [0, 0.1) is 6.92 Å². The predicted octanol–water partition coefficient (Wildman–Crippen LogP) is 2.64. The number of carbonyl (C=O) groups is 1. The third-order valence-corrected chi connectivity index (χ3v) is 7.56. The summed E-state index contributed by atoms with van der Waals surface area (Å²) in [6, 6.07) is 7.16. The summed E-state index contributed by atoms with van der Waals surface area (Å²) in [5.74, 6) is -0.339. The van der Waals surface area contributed by atoms with Crippen molar-refractivity contribution >= 4 is 32.4 Å². The van der Waals surface area contributed by atoms with E-state index in [4.69, 9.17) is 0 Å². The summed E-state index contributed by atoms with van der Waals surface area (Å²) in [5.41, 5.74) is 1.34. The smallest absolute Gasteiger partial charge is 0.269 e. The van der Waals surface area contributed by atoms with Crippen molar-refractivity contribution in [2.75, 3.05) is 31.5 Å². The molecule has 10 heteroatoms. The third kappa shape index (κ3) is 6.30. The maximum absolute atomic E-state index is 12.4. The van der Waals surface area contributed by atoms with Gasteiger partial charge in [0.05, 0.1) is 0 Å². The Kier molecular flexibility index (Phi) is 7.70. The molecular weight excluding hydrogens is 410 g/mol. The highest BCUT2D eigenvalue weighted by Crippen LogP contribution is 2.21. The van der Waals surface area contributed by atoms with E-state index in [1.54, 1.807) is 12.1 Å². The molecule has 0 spiro atoms. The number of aryl methyl sites for hydroxylation is 1. The van der Waals surface area contributed by atoms with Gasteiger partial charge in [0, 0.05) is 12.1 Å². The summed E-state index contributed by atoms with van der Waals surface area (Å²) in [6.45, 7) is 5.25. The largest absolute Gasteiger partial charge is 0.303 e. The molecule has 8 nitrogen and oxygen atoms in total. The number of likely N-dealkylation sites (tertiary alicyclic amines) is 1. The van der Waals surface area contributed by atoms with Crippen LogP contribution in [0.3, 0.4) is 0 Å². The minimum Gasteiger partial charge on any atom is -0.303 e. The Labute approximate surface area is 175 Å². The number of rotatable bonds is 8. The molecule has 0 unspecified atom stereocenters. The van der Waals surface area contributed by atoms with Crippen LogP contribution >= 0.6 is 11.3 Å². The van der Waals surface area contributed by atoms with Crippen LogP contribution in [0.2, 0.25) is 0 Å². The number of hydrogen-bond acceptors (Lipinski definition) is 7. The second-order valence-corrected chi connectivity index (χ2v) is 10.1. The lowest BCUT2D eigenvalue weighted by atomic mass is 10.1. The fraction of sp³-hybridized carbons (Fsp3) is 0.526. The molecular formula is C19H27N5O3S2. The van der Waals surface area contributed by atoms with E-state index in [1.165, 1.54) is 25.7 Å². The molecule has 1 aliphatic heterocycles. The van der Waals surface area contributed by atoms with Gasteiger partial charge >= 0.3 is 0 Å². The number of amides is 1. The molecule has 158 valence electrons. The van der Waals surface area contributed by atoms with Gasteiger partial charge in [-0.25, -0.2) is 13.1 Å². The molecule has 2 N–H and O–H groups in total. The molecule has 1 saturated heterocycles. The van der Waals surface area contributed by atoms with Crippen molar-refractivity contribution in [2.24, 2.45) is 0 Å². The van der Waals surface area contributed by atoms with Gasteiger partial charge in [0.15, 0.2) is 0 Å². The fourth-order valence-corrected chi connectivity index (χ4v) is 5.30. The van der Waals surface area contributed by atoms with E-state index in [2.05, 4.69) is 25.1 Å². The standard InChI is InChI=1S/C19H27N5O3S2/c1-15-9-4-5-10-16(15)17(25)21-18-22-23-19(28-18)29(26,27)20-11-8-14-24-12-6-2-3-7-13-24/h4-5,9-10,20H,2-3,6-8,11-14H2,1H3,(H,21,22,25). The molecule has 0 bridgehead atoms. The molecule has 1 fully saturated rings. The molecule has 1 aromatic heterocycles. The second kappa shape index (κ2) is 10.2. The summed E-state index contributed by atoms with van der Waals surface area (Å²) in [4.78, 5) is 14.7. The molecule has 2 heterocycles. The Morgan fingerprint density at radius 3 is 2.59 bits per heavy atom. The molecule has 1 aliphatic rings. The molecule has 0 aliphatic carbocycles. The van der Waals surface area contributed by atoms with E-state index in [0.717, 1.165) is 43.0 Å². The van der Waals surface area contributed by atoms with Crippen molar-refractivity contribution in [1.29, 1.82) is 0 Å². The zero-order valence-corrected chi connectivity index (χ0v) is 18.2. The van der Waals surface area contributed by atoms with Crippen LogP contribution in [0.5, 0.6) is 0 Å². The average Bonchev–Trinajstić information content (AvgIpc) is 3.01. The van der Waals surface area contributed by atoms with Crippen LogP contribution in [0.1, 0.15) is 48.0 Å². The van der Waals surface area contributed by atoms with E-state index < -0.39 is 10.0 Å². The monoisotopic (exact) mass is 437 g/mol. The SMILES string of the molecule is Cc1ccccc1C(=O)Nc1nnc(S(=O)(=O)NCCCN2CCCCCC2)s1. The number of anilines is 1. The normalized spacial score (nSPS) is 15.8. The number of aromatic nitrogens is 2. The van der Waals surface area contributed by atoms with Crippen molar-refractivity contribution in [3.05, 3.63) is 35.4 Å². The summed E-state index contributed by atoms with van der Waals surface area (Å²) in [7, 11) is -3.73. The number of hydrogen-bond donors (Lipinski definition) is 2. The summed E-state index contributed by atoms with van der Waals surface area (Å²) < 4.78 is 27.3. The quantitative estimate of drug-likeness (QED) is 0.486. The number of benzene rings is 1. The van der Waals surface area contributed by atoms with Gasteiger partial charge in [0.2, 0.25) is 9.47 Å². The number of nitrogens with one attached hydrogen (secondary N) is 2. The fourth-order valence-electron chi connectivity index (χ4n) is 3.29. The average molecular weight is 438 g/mol. The lowest BCUT2D eigenvalue weighted by Crippen LogP contribution is -2.30. The third-order valence-electron chi connectivity index (χ3n) is 4.89. The Balaban J connectivity index is 1.50. The zero-order chi connectivity index (χ0) is 20.7. The summed E-state index contributed by atoms with van der Waals surface area (Å²) >= 11 is 0.842. The minimum absolute atomic E-state index is 0.146. The first-order chi connectivity index (χ1) is 14.0.